The average Bonchev–Trinajstić information content (AvgIpc) is 2.80. The minimum absolute atomic E-state index is 0.0599. The molecule has 33 heavy (non-hydrogen) atoms. The Hall–Kier alpha value is -3.31. The summed E-state index contributed by atoms with van der Waals surface area (Å²) in [6.45, 7) is 2.33. The van der Waals surface area contributed by atoms with Crippen molar-refractivity contribution in [3.05, 3.63) is 69.3 Å². The van der Waals surface area contributed by atoms with E-state index >= 15 is 0 Å². The summed E-state index contributed by atoms with van der Waals surface area (Å²) in [5.41, 5.74) is 4.01. The van der Waals surface area contributed by atoms with Gasteiger partial charge in [0.1, 0.15) is 5.56 Å². The van der Waals surface area contributed by atoms with Gasteiger partial charge in [0.2, 0.25) is 11.8 Å². The van der Waals surface area contributed by atoms with Gasteiger partial charge in [-0.1, -0.05) is 41.3 Å². The molecule has 1 aromatic heterocycles. The molecular weight excluding hydrogens is 461 g/mol. The molecule has 0 atom stereocenters. The maximum atomic E-state index is 13.0. The fourth-order valence-corrected chi connectivity index (χ4v) is 4.61. The van der Waals surface area contributed by atoms with E-state index in [1.54, 1.807) is 18.2 Å². The minimum Gasteiger partial charge on any atom is -0.455 e. The van der Waals surface area contributed by atoms with Crippen molar-refractivity contribution < 1.29 is 9.53 Å². The van der Waals surface area contributed by atoms with E-state index in [0.29, 0.717) is 28.2 Å². The molecule has 3 heterocycles. The highest BCUT2D eigenvalue weighted by atomic mass is 35.5. The highest BCUT2D eigenvalue weighted by Gasteiger charge is 2.31. The summed E-state index contributed by atoms with van der Waals surface area (Å²) < 4.78 is 5.75. The summed E-state index contributed by atoms with van der Waals surface area (Å²) in [6, 6.07) is 11.2. The second-order valence-electron chi connectivity index (χ2n) is 7.76. The number of para-hydroxylation sites is 1. The van der Waals surface area contributed by atoms with Crippen molar-refractivity contribution in [1.82, 2.24) is 14.9 Å². The number of ether oxygens (including phenoxy) is 1. The van der Waals surface area contributed by atoms with E-state index in [2.05, 4.69) is 38.2 Å². The molecule has 0 aliphatic carbocycles. The number of anilines is 3. The monoisotopic (exact) mass is 479 g/mol. The van der Waals surface area contributed by atoms with Crippen molar-refractivity contribution in [2.24, 2.45) is 0 Å². The number of fused-ring (bicyclic) bond motifs is 2. The summed E-state index contributed by atoms with van der Waals surface area (Å²) in [7, 11) is 0. The largest absolute Gasteiger partial charge is 0.455 e. The Kier molecular flexibility index (Phi) is 5.81. The fraction of sp³-hybridized carbons (Fsp3) is 0.208. The number of carbonyl (C=O) groups excluding carboxylic acids is 1. The Balaban J connectivity index is 1.36. The lowest BCUT2D eigenvalue weighted by Crippen LogP contribution is -2.39. The zero-order valence-corrected chi connectivity index (χ0v) is 19.0. The van der Waals surface area contributed by atoms with Crippen molar-refractivity contribution in [2.75, 3.05) is 30.0 Å². The van der Waals surface area contributed by atoms with Gasteiger partial charge in [0, 0.05) is 25.0 Å². The first kappa shape index (κ1) is 21.5. The second kappa shape index (κ2) is 8.91. The standard InChI is InChI=1S/C24H19Cl2N5O2/c1-2-9-30-10-8-15-6-7-17(11-16(15)13-30)28-24-27-12-18-22(29-24)33-14-31(23(18)32)21-19(25)4-3-5-20(21)26/h1,3-7,11-12H,8-10,13-14H2,(H,27,28,29). The topological polar surface area (TPSA) is 70.6 Å². The molecule has 3 aromatic rings. The first-order valence-electron chi connectivity index (χ1n) is 10.3. The third kappa shape index (κ3) is 4.21. The molecule has 7 nitrogen and oxygen atoms in total. The Morgan fingerprint density at radius 3 is 2.79 bits per heavy atom. The minimum atomic E-state index is -0.333. The van der Waals surface area contributed by atoms with Gasteiger partial charge < -0.3 is 10.1 Å². The van der Waals surface area contributed by atoms with Gasteiger partial charge in [0.15, 0.2) is 6.73 Å². The number of rotatable bonds is 4. The summed E-state index contributed by atoms with van der Waals surface area (Å²) >= 11 is 12.5. The Labute approximate surface area is 201 Å². The van der Waals surface area contributed by atoms with Crippen molar-refractivity contribution in [2.45, 2.75) is 13.0 Å². The highest BCUT2D eigenvalue weighted by Crippen LogP contribution is 2.37. The molecule has 0 bridgehead atoms. The molecule has 0 saturated carbocycles. The van der Waals surface area contributed by atoms with Crippen molar-refractivity contribution in [1.29, 1.82) is 0 Å². The van der Waals surface area contributed by atoms with Crippen LogP contribution in [-0.4, -0.2) is 40.6 Å². The molecule has 0 saturated heterocycles. The van der Waals surface area contributed by atoms with Crippen LogP contribution in [-0.2, 0) is 13.0 Å². The van der Waals surface area contributed by atoms with E-state index in [1.807, 2.05) is 6.07 Å². The van der Waals surface area contributed by atoms with Gasteiger partial charge in [-0.2, -0.15) is 4.98 Å². The van der Waals surface area contributed by atoms with Crippen LogP contribution in [0.15, 0.2) is 42.6 Å². The predicted octanol–water partition coefficient (Wildman–Crippen LogP) is 4.52. The molecule has 0 fully saturated rings. The van der Waals surface area contributed by atoms with E-state index < -0.39 is 0 Å². The molecule has 9 heteroatoms. The summed E-state index contributed by atoms with van der Waals surface area (Å²) in [5, 5.41) is 3.91. The quantitative estimate of drug-likeness (QED) is 0.554. The molecule has 1 amide bonds. The average molecular weight is 480 g/mol. The maximum absolute atomic E-state index is 13.0. The number of amides is 1. The number of terminal acetylenes is 1. The van der Waals surface area contributed by atoms with E-state index in [4.69, 9.17) is 34.4 Å². The molecule has 0 unspecified atom stereocenters. The first-order chi connectivity index (χ1) is 16.0. The smallest absolute Gasteiger partial charge is 0.268 e. The number of aromatic nitrogens is 2. The molecule has 2 aliphatic heterocycles. The Morgan fingerprint density at radius 1 is 1.18 bits per heavy atom. The van der Waals surface area contributed by atoms with Crippen LogP contribution in [0.1, 0.15) is 21.5 Å². The molecule has 1 N–H and O–H groups in total. The fourth-order valence-electron chi connectivity index (χ4n) is 4.01. The number of hydrogen-bond acceptors (Lipinski definition) is 6. The van der Waals surface area contributed by atoms with Gasteiger partial charge in [-0.15, -0.1) is 6.42 Å². The Bertz CT molecular complexity index is 1270. The van der Waals surface area contributed by atoms with Crippen LogP contribution in [0.3, 0.4) is 0 Å². The van der Waals surface area contributed by atoms with Gasteiger partial charge in [0.05, 0.1) is 22.3 Å². The van der Waals surface area contributed by atoms with Crippen LogP contribution in [0.5, 0.6) is 5.88 Å². The molecule has 5 rings (SSSR count). The predicted molar refractivity (Wildman–Crippen MR) is 128 cm³/mol. The van der Waals surface area contributed by atoms with Crippen LogP contribution >= 0.6 is 23.2 Å². The number of halogens is 2. The number of nitrogens with one attached hydrogen (secondary N) is 1. The lowest BCUT2D eigenvalue weighted by Gasteiger charge is -2.29. The molecular formula is C24H19Cl2N5O2. The maximum Gasteiger partial charge on any atom is 0.268 e. The summed E-state index contributed by atoms with van der Waals surface area (Å²) in [5.74, 6) is 2.91. The van der Waals surface area contributed by atoms with Crippen LogP contribution in [0.25, 0.3) is 0 Å². The van der Waals surface area contributed by atoms with Crippen molar-refractivity contribution in [3.8, 4) is 18.2 Å². The van der Waals surface area contributed by atoms with Crippen LogP contribution in [0, 0.1) is 12.3 Å². The molecule has 0 spiro atoms. The Morgan fingerprint density at radius 2 is 2.00 bits per heavy atom. The van der Waals surface area contributed by atoms with E-state index in [1.165, 1.54) is 22.2 Å². The van der Waals surface area contributed by atoms with Crippen molar-refractivity contribution in [3.63, 3.8) is 0 Å². The van der Waals surface area contributed by atoms with Gasteiger partial charge in [0.25, 0.3) is 5.91 Å². The van der Waals surface area contributed by atoms with E-state index in [0.717, 1.165) is 25.2 Å². The zero-order chi connectivity index (χ0) is 22.9. The van der Waals surface area contributed by atoms with E-state index in [-0.39, 0.29) is 24.1 Å². The molecule has 2 aliphatic rings. The van der Waals surface area contributed by atoms with Crippen LogP contribution in [0.4, 0.5) is 17.3 Å². The van der Waals surface area contributed by atoms with Crippen LogP contribution in [0.2, 0.25) is 10.0 Å². The SMILES string of the molecule is C#CCN1CCc2ccc(Nc3ncc4c(n3)OCN(c3c(Cl)cccc3Cl)C4=O)cc2C1. The van der Waals surface area contributed by atoms with Gasteiger partial charge in [-0.25, -0.2) is 4.98 Å². The lowest BCUT2D eigenvalue weighted by atomic mass is 9.99. The normalized spacial score (nSPS) is 15.3. The van der Waals surface area contributed by atoms with Gasteiger partial charge >= 0.3 is 0 Å². The number of carbonyl (C=O) groups is 1. The zero-order valence-electron chi connectivity index (χ0n) is 17.5. The highest BCUT2D eigenvalue weighted by molar-refractivity contribution is 6.40. The third-order valence-corrected chi connectivity index (χ3v) is 6.25. The van der Waals surface area contributed by atoms with E-state index in [9.17, 15) is 4.79 Å². The van der Waals surface area contributed by atoms with Gasteiger partial charge in [-0.05, 0) is 41.8 Å². The molecule has 2 aromatic carbocycles. The lowest BCUT2D eigenvalue weighted by molar-refractivity contribution is 0.0932. The van der Waals surface area contributed by atoms with Gasteiger partial charge in [-0.3, -0.25) is 14.6 Å². The number of nitrogens with zero attached hydrogens (tertiary/aromatic N) is 4. The molecule has 0 radical (unpaired) electrons. The number of hydrogen-bond donors (Lipinski definition) is 1. The third-order valence-electron chi connectivity index (χ3n) is 5.64. The summed E-state index contributed by atoms with van der Waals surface area (Å²) in [6.07, 6.45) is 7.87. The first-order valence-corrected chi connectivity index (χ1v) is 11.1. The molecule has 166 valence electrons. The number of benzene rings is 2. The second-order valence-corrected chi connectivity index (χ2v) is 8.58. The van der Waals surface area contributed by atoms with Crippen LogP contribution < -0.4 is 15.0 Å². The summed E-state index contributed by atoms with van der Waals surface area (Å²) in [4.78, 5) is 25.4. The van der Waals surface area contributed by atoms with Crippen molar-refractivity contribution >= 4 is 46.4 Å².